The van der Waals surface area contributed by atoms with Gasteiger partial charge in [-0.05, 0) is 35.9 Å². The second-order valence-corrected chi connectivity index (χ2v) is 8.76. The van der Waals surface area contributed by atoms with Crippen LogP contribution in [0.25, 0.3) is 0 Å². The molecule has 3 aromatic carbocycles. The molecule has 2 heterocycles. The van der Waals surface area contributed by atoms with Crippen molar-refractivity contribution in [2.75, 3.05) is 17.2 Å². The van der Waals surface area contributed by atoms with Crippen molar-refractivity contribution >= 4 is 29.3 Å². The molecule has 5 rings (SSSR count). The standard InChI is InChI=1S/C24H18F2N2O2S/c25-17-10-11-21-19(14-17)24(23(30)27(21)15-16-6-2-1-3-7-16)28(12-13-31-24)22(29)18-8-4-5-9-20(18)26/h1-11,14H,12-13,15H2/t24-/m0/s1. The lowest BCUT2D eigenvalue weighted by molar-refractivity contribution is -0.123. The lowest BCUT2D eigenvalue weighted by atomic mass is 10.0. The number of fused-ring (bicyclic) bond motifs is 2. The predicted octanol–water partition coefficient (Wildman–Crippen LogP) is 4.55. The fraction of sp³-hybridized carbons (Fsp3) is 0.167. The SMILES string of the molecule is O=C(c1ccccc1F)N1CCS[C@@]12C(=O)N(Cc1ccccc1)c1ccc(F)cc12. The maximum atomic E-state index is 14.4. The van der Waals surface area contributed by atoms with Gasteiger partial charge in [-0.15, -0.1) is 11.8 Å². The van der Waals surface area contributed by atoms with E-state index in [-0.39, 0.29) is 18.0 Å². The molecule has 0 saturated carbocycles. The molecule has 31 heavy (non-hydrogen) atoms. The van der Waals surface area contributed by atoms with Gasteiger partial charge in [0, 0.05) is 17.9 Å². The molecule has 2 aliphatic heterocycles. The smallest absolute Gasteiger partial charge is 0.268 e. The second-order valence-electron chi connectivity index (χ2n) is 7.47. The Hall–Kier alpha value is -3.19. The number of hydrogen-bond acceptors (Lipinski definition) is 3. The highest BCUT2D eigenvalue weighted by molar-refractivity contribution is 8.01. The average molecular weight is 436 g/mol. The van der Waals surface area contributed by atoms with Crippen molar-refractivity contribution in [3.8, 4) is 0 Å². The first-order valence-corrected chi connectivity index (χ1v) is 10.9. The van der Waals surface area contributed by atoms with E-state index in [0.29, 0.717) is 23.5 Å². The summed E-state index contributed by atoms with van der Waals surface area (Å²) in [5.74, 6) is -1.54. The zero-order chi connectivity index (χ0) is 21.6. The Labute approximate surface area is 182 Å². The number of benzene rings is 3. The summed E-state index contributed by atoms with van der Waals surface area (Å²) in [6.07, 6.45) is 0. The van der Waals surface area contributed by atoms with E-state index >= 15 is 0 Å². The Morgan fingerprint density at radius 3 is 2.52 bits per heavy atom. The van der Waals surface area contributed by atoms with Gasteiger partial charge in [0.05, 0.1) is 17.8 Å². The van der Waals surface area contributed by atoms with E-state index in [2.05, 4.69) is 0 Å². The lowest BCUT2D eigenvalue weighted by Gasteiger charge is -2.33. The topological polar surface area (TPSA) is 40.6 Å². The van der Waals surface area contributed by atoms with Gasteiger partial charge in [-0.25, -0.2) is 8.78 Å². The van der Waals surface area contributed by atoms with E-state index in [1.807, 2.05) is 30.3 Å². The summed E-state index contributed by atoms with van der Waals surface area (Å²) in [5, 5.41) is 0. The third-order valence-corrected chi connectivity index (χ3v) is 7.11. The molecule has 1 atom stereocenters. The maximum Gasteiger partial charge on any atom is 0.268 e. The number of carbonyl (C=O) groups is 2. The molecule has 2 amide bonds. The Morgan fingerprint density at radius 1 is 1.00 bits per heavy atom. The van der Waals surface area contributed by atoms with Crippen molar-refractivity contribution in [1.29, 1.82) is 0 Å². The molecular formula is C24H18F2N2O2S. The summed E-state index contributed by atoms with van der Waals surface area (Å²) in [5.41, 5.74) is 1.81. The molecule has 0 N–H and O–H groups in total. The van der Waals surface area contributed by atoms with Gasteiger partial charge in [0.25, 0.3) is 11.8 Å². The van der Waals surface area contributed by atoms with Crippen LogP contribution in [-0.2, 0) is 16.2 Å². The number of nitrogens with zero attached hydrogens (tertiary/aromatic N) is 2. The number of amides is 2. The molecule has 7 heteroatoms. The van der Waals surface area contributed by atoms with E-state index in [1.165, 1.54) is 47.0 Å². The van der Waals surface area contributed by atoms with Crippen LogP contribution in [0.5, 0.6) is 0 Å². The molecule has 0 aliphatic carbocycles. The minimum absolute atomic E-state index is 0.100. The quantitative estimate of drug-likeness (QED) is 0.605. The third kappa shape index (κ3) is 3.03. The van der Waals surface area contributed by atoms with Gasteiger partial charge in [-0.3, -0.25) is 9.59 Å². The van der Waals surface area contributed by atoms with Crippen LogP contribution in [0.3, 0.4) is 0 Å². The molecule has 0 aromatic heterocycles. The van der Waals surface area contributed by atoms with Crippen molar-refractivity contribution in [2.24, 2.45) is 0 Å². The number of carbonyl (C=O) groups excluding carboxylic acids is 2. The molecular weight excluding hydrogens is 418 g/mol. The highest BCUT2D eigenvalue weighted by Crippen LogP contribution is 2.55. The van der Waals surface area contributed by atoms with Gasteiger partial charge in [0.15, 0.2) is 4.87 Å². The molecule has 0 unspecified atom stereocenters. The van der Waals surface area contributed by atoms with E-state index in [4.69, 9.17) is 0 Å². The number of rotatable bonds is 3. The molecule has 0 radical (unpaired) electrons. The fourth-order valence-corrected chi connectivity index (χ4v) is 5.74. The van der Waals surface area contributed by atoms with Crippen molar-refractivity contribution in [2.45, 2.75) is 11.4 Å². The first kappa shape index (κ1) is 19.8. The van der Waals surface area contributed by atoms with Gasteiger partial charge in [0.2, 0.25) is 0 Å². The van der Waals surface area contributed by atoms with Crippen LogP contribution in [0.1, 0.15) is 21.5 Å². The van der Waals surface area contributed by atoms with Crippen LogP contribution in [0.15, 0.2) is 72.8 Å². The van der Waals surface area contributed by atoms with Gasteiger partial charge in [0.1, 0.15) is 11.6 Å². The Kier molecular flexibility index (Phi) is 4.78. The Bertz CT molecular complexity index is 1190. The van der Waals surface area contributed by atoms with Gasteiger partial charge in [-0.2, -0.15) is 0 Å². The monoisotopic (exact) mass is 436 g/mol. The summed E-state index contributed by atoms with van der Waals surface area (Å²) >= 11 is 1.29. The van der Waals surface area contributed by atoms with Gasteiger partial charge in [-0.1, -0.05) is 42.5 Å². The van der Waals surface area contributed by atoms with Gasteiger partial charge < -0.3 is 9.80 Å². The summed E-state index contributed by atoms with van der Waals surface area (Å²) in [4.78, 5) is 28.7. The number of hydrogen-bond donors (Lipinski definition) is 0. The highest BCUT2D eigenvalue weighted by atomic mass is 32.2. The van der Waals surface area contributed by atoms with Crippen LogP contribution in [0.2, 0.25) is 0 Å². The number of anilines is 1. The van der Waals surface area contributed by atoms with Crippen LogP contribution in [0, 0.1) is 11.6 Å². The molecule has 0 bridgehead atoms. The van der Waals surface area contributed by atoms with Crippen LogP contribution in [0.4, 0.5) is 14.5 Å². The molecule has 2 aliphatic rings. The third-order valence-electron chi connectivity index (χ3n) is 5.69. The summed E-state index contributed by atoms with van der Waals surface area (Å²) < 4.78 is 28.7. The van der Waals surface area contributed by atoms with Crippen LogP contribution in [-0.4, -0.2) is 29.0 Å². The minimum Gasteiger partial charge on any atom is -0.311 e. The molecule has 4 nitrogen and oxygen atoms in total. The van der Waals surface area contributed by atoms with E-state index in [0.717, 1.165) is 5.56 Å². The predicted molar refractivity (Wildman–Crippen MR) is 116 cm³/mol. The highest BCUT2D eigenvalue weighted by Gasteiger charge is 2.59. The van der Waals surface area contributed by atoms with E-state index in [1.54, 1.807) is 17.0 Å². The van der Waals surface area contributed by atoms with E-state index in [9.17, 15) is 18.4 Å². The van der Waals surface area contributed by atoms with Crippen molar-refractivity contribution < 1.29 is 18.4 Å². The average Bonchev–Trinajstić information content (AvgIpc) is 3.32. The Morgan fingerprint density at radius 2 is 1.74 bits per heavy atom. The van der Waals surface area contributed by atoms with Crippen molar-refractivity contribution in [3.63, 3.8) is 0 Å². The fourth-order valence-electron chi connectivity index (χ4n) is 4.29. The maximum absolute atomic E-state index is 14.4. The number of thioether (sulfide) groups is 1. The van der Waals surface area contributed by atoms with Crippen molar-refractivity contribution in [3.05, 3.63) is 101 Å². The van der Waals surface area contributed by atoms with Gasteiger partial charge >= 0.3 is 0 Å². The summed E-state index contributed by atoms with van der Waals surface area (Å²) in [6.45, 7) is 0.557. The molecule has 1 spiro atoms. The number of halogens is 2. The molecule has 156 valence electrons. The first-order chi connectivity index (χ1) is 15.0. The lowest BCUT2D eigenvalue weighted by Crippen LogP contribution is -2.50. The summed E-state index contributed by atoms with van der Waals surface area (Å²) in [7, 11) is 0. The van der Waals surface area contributed by atoms with Crippen LogP contribution >= 0.6 is 11.8 Å². The molecule has 1 fully saturated rings. The zero-order valence-corrected chi connectivity index (χ0v) is 17.2. The largest absolute Gasteiger partial charge is 0.311 e. The Balaban J connectivity index is 1.62. The van der Waals surface area contributed by atoms with E-state index < -0.39 is 22.4 Å². The second kappa shape index (κ2) is 7.50. The zero-order valence-electron chi connectivity index (χ0n) is 16.4. The first-order valence-electron chi connectivity index (χ1n) is 9.89. The summed E-state index contributed by atoms with van der Waals surface area (Å²) in [6, 6.07) is 19.4. The molecule has 3 aromatic rings. The van der Waals surface area contributed by atoms with Crippen molar-refractivity contribution in [1.82, 2.24) is 4.90 Å². The molecule has 1 saturated heterocycles. The van der Waals surface area contributed by atoms with Crippen LogP contribution < -0.4 is 4.90 Å². The normalized spacial score (nSPS) is 19.9. The minimum atomic E-state index is -1.41.